The molecule has 0 aliphatic heterocycles. The van der Waals surface area contributed by atoms with Crippen LogP contribution in [0, 0.1) is 0 Å². The number of hydrogen-bond donors (Lipinski definition) is 0. The lowest BCUT2D eigenvalue weighted by Crippen LogP contribution is -2.11. The number of benzene rings is 14. The van der Waals surface area contributed by atoms with Crippen molar-refractivity contribution in [2.45, 2.75) is 52.4 Å². The highest BCUT2D eigenvalue weighted by atomic mass is 16.3. The molecule has 0 fully saturated rings. The predicted octanol–water partition coefficient (Wildman–Crippen LogP) is 25.7. The molecule has 0 unspecified atom stereocenters. The lowest BCUT2D eigenvalue weighted by Gasteiger charge is -2.26. The molecule has 18 rings (SSSR count). The number of nitrogens with zero attached hydrogens (tertiary/aromatic N) is 4. The van der Waals surface area contributed by atoms with E-state index in [9.17, 15) is 0 Å². The van der Waals surface area contributed by atoms with Crippen molar-refractivity contribution in [1.82, 2.24) is 9.13 Å². The van der Waals surface area contributed by atoms with Gasteiger partial charge in [0.1, 0.15) is 22.3 Å². The summed E-state index contributed by atoms with van der Waals surface area (Å²) in [5, 5.41) is 11.3. The van der Waals surface area contributed by atoms with E-state index in [1.54, 1.807) is 0 Å². The van der Waals surface area contributed by atoms with E-state index in [1.165, 1.54) is 54.8 Å². The van der Waals surface area contributed by atoms with Crippen molar-refractivity contribution < 1.29 is 8.83 Å². The molecule has 6 nitrogen and oxygen atoms in total. The molecular formula is C90H68N4O2. The predicted molar refractivity (Wildman–Crippen MR) is 405 cm³/mol. The quantitative estimate of drug-likeness (QED) is 0.137. The zero-order valence-corrected chi connectivity index (χ0v) is 54.5. The van der Waals surface area contributed by atoms with Crippen LogP contribution in [-0.2, 0) is 10.8 Å². The Morgan fingerprint density at radius 2 is 0.573 bits per heavy atom. The number of rotatable bonds is 10. The van der Waals surface area contributed by atoms with Crippen molar-refractivity contribution in [3.63, 3.8) is 0 Å². The van der Waals surface area contributed by atoms with E-state index in [4.69, 9.17) is 8.83 Å². The third kappa shape index (κ3) is 9.38. The summed E-state index contributed by atoms with van der Waals surface area (Å²) < 4.78 is 18.9. The highest BCUT2D eigenvalue weighted by molar-refractivity contribution is 6.28. The fourth-order valence-corrected chi connectivity index (χ4v) is 14.9. The molecule has 0 aliphatic carbocycles. The topological polar surface area (TPSA) is 42.6 Å². The Hall–Kier alpha value is -11.9. The highest BCUT2D eigenvalue weighted by Gasteiger charge is 2.25. The van der Waals surface area contributed by atoms with E-state index in [1.807, 2.05) is 0 Å². The van der Waals surface area contributed by atoms with Crippen LogP contribution >= 0.6 is 0 Å². The van der Waals surface area contributed by atoms with Gasteiger partial charge in [0.25, 0.3) is 0 Å². The lowest BCUT2D eigenvalue weighted by atomic mass is 9.87. The van der Waals surface area contributed by atoms with Crippen LogP contribution in [0.5, 0.6) is 0 Å². The molecule has 0 radical (unpaired) electrons. The van der Waals surface area contributed by atoms with Crippen molar-refractivity contribution >= 4 is 132 Å². The van der Waals surface area contributed by atoms with Gasteiger partial charge in [-0.15, -0.1) is 0 Å². The summed E-state index contributed by atoms with van der Waals surface area (Å²) in [6, 6.07) is 111. The second kappa shape index (κ2) is 21.9. The van der Waals surface area contributed by atoms with Gasteiger partial charge in [-0.1, -0.05) is 199 Å². The minimum atomic E-state index is -0.0132. The first kappa shape index (κ1) is 56.9. The van der Waals surface area contributed by atoms with Crippen molar-refractivity contribution in [3.8, 4) is 33.6 Å². The van der Waals surface area contributed by atoms with Crippen molar-refractivity contribution in [1.29, 1.82) is 0 Å². The smallest absolute Gasteiger partial charge is 0.137 e. The largest absolute Gasteiger partial charge is 0.456 e. The van der Waals surface area contributed by atoms with Crippen LogP contribution in [-0.4, -0.2) is 9.13 Å². The molecule has 6 heteroatoms. The van der Waals surface area contributed by atoms with Gasteiger partial charge in [-0.3, -0.25) is 0 Å². The third-order valence-corrected chi connectivity index (χ3v) is 19.8. The average molecular weight is 1240 g/mol. The summed E-state index contributed by atoms with van der Waals surface area (Å²) in [6.45, 7) is 13.7. The molecule has 460 valence electrons. The maximum atomic E-state index is 7.00. The van der Waals surface area contributed by atoms with Crippen molar-refractivity contribution in [2.75, 3.05) is 9.80 Å². The summed E-state index contributed by atoms with van der Waals surface area (Å²) >= 11 is 0. The average Bonchev–Trinajstić information content (AvgIpc) is 1.58. The zero-order chi connectivity index (χ0) is 64.6. The van der Waals surface area contributed by atoms with Crippen LogP contribution in [0.4, 0.5) is 34.1 Å². The van der Waals surface area contributed by atoms with E-state index >= 15 is 0 Å². The monoisotopic (exact) mass is 1240 g/mol. The summed E-state index contributed by atoms with van der Waals surface area (Å²) in [5.41, 5.74) is 23.6. The lowest BCUT2D eigenvalue weighted by molar-refractivity contribution is 0.589. The fraction of sp³-hybridized carbons (Fsp3) is 0.0889. The van der Waals surface area contributed by atoms with Crippen LogP contribution < -0.4 is 9.80 Å². The first-order valence-corrected chi connectivity index (χ1v) is 33.3. The van der Waals surface area contributed by atoms with Crippen LogP contribution in [0.1, 0.15) is 52.7 Å². The molecule has 0 bridgehead atoms. The Morgan fingerprint density at radius 1 is 0.240 bits per heavy atom. The van der Waals surface area contributed by atoms with E-state index in [0.29, 0.717) is 0 Å². The number of aromatic nitrogens is 2. The minimum Gasteiger partial charge on any atom is -0.456 e. The Balaban J connectivity index is 0.767. The van der Waals surface area contributed by atoms with Gasteiger partial charge in [-0.25, -0.2) is 0 Å². The van der Waals surface area contributed by atoms with E-state index in [2.05, 4.69) is 364 Å². The Kier molecular flexibility index (Phi) is 13.0. The van der Waals surface area contributed by atoms with Gasteiger partial charge in [0, 0.05) is 101 Å². The van der Waals surface area contributed by atoms with Crippen LogP contribution in [0.3, 0.4) is 0 Å². The number of para-hydroxylation sites is 2. The molecule has 4 heterocycles. The summed E-state index contributed by atoms with van der Waals surface area (Å²) in [7, 11) is 0. The normalized spacial score (nSPS) is 12.3. The molecule has 0 spiro atoms. The van der Waals surface area contributed by atoms with Gasteiger partial charge in [0.2, 0.25) is 0 Å². The van der Waals surface area contributed by atoms with Crippen molar-refractivity contribution in [3.05, 3.63) is 314 Å². The molecule has 14 aromatic carbocycles. The van der Waals surface area contributed by atoms with Crippen LogP contribution in [0.25, 0.3) is 132 Å². The minimum absolute atomic E-state index is 0.0132. The molecule has 0 saturated heterocycles. The van der Waals surface area contributed by atoms with Gasteiger partial charge in [0.15, 0.2) is 0 Å². The molecule has 4 aromatic heterocycles. The number of fused-ring (bicyclic) bond motifs is 15. The summed E-state index contributed by atoms with van der Waals surface area (Å²) in [5.74, 6) is 0. The maximum absolute atomic E-state index is 7.00. The number of anilines is 6. The number of hydrogen-bond acceptors (Lipinski definition) is 4. The highest BCUT2D eigenvalue weighted by Crippen LogP contribution is 2.48. The first-order valence-electron chi connectivity index (χ1n) is 33.3. The van der Waals surface area contributed by atoms with Crippen molar-refractivity contribution in [2.24, 2.45) is 0 Å². The standard InChI is InChI=1S/C90H68N4O2/c1-89(2,3)61-23-17-25-65(51-61)93-79-29-15-13-27-71(79)73-43-39-67(53-81(73)93)91(63-35-31-59(32-36-63)57-19-9-7-10-20-57)69-41-45-77-85(55-69)95-83-49-47-76-75(87(77)83)48-50-84-88(76)78-46-42-70(56-86(78)96-84)92(64-37-33-60(34-38-64)58-21-11-8-12-22-58)68-40-44-74-72-28-14-16-30-80(72)94(82(74)54-68)66-26-18-24-62(52-66)90(4,5)6/h7-56H,1-6H3. The Morgan fingerprint density at radius 3 is 0.979 bits per heavy atom. The Labute approximate surface area is 557 Å². The second-order valence-corrected chi connectivity index (χ2v) is 27.7. The molecule has 96 heavy (non-hydrogen) atoms. The van der Waals surface area contributed by atoms with Gasteiger partial charge < -0.3 is 27.8 Å². The van der Waals surface area contributed by atoms with Crippen LogP contribution in [0.2, 0.25) is 0 Å². The first-order chi connectivity index (χ1) is 46.8. The molecule has 0 amide bonds. The molecule has 0 aliphatic rings. The zero-order valence-electron chi connectivity index (χ0n) is 54.5. The molecular weight excluding hydrogens is 1170 g/mol. The van der Waals surface area contributed by atoms with Gasteiger partial charge in [-0.05, 0) is 188 Å². The van der Waals surface area contributed by atoms with E-state index in [0.717, 1.165) is 122 Å². The second-order valence-electron chi connectivity index (χ2n) is 27.7. The Bertz CT molecular complexity index is 5720. The SMILES string of the molecule is CC(C)(C)c1cccc(-n2c3ccccc3c3ccc(N(c4ccc(-c5ccccc5)cc4)c4ccc5c(c4)oc4ccc6c(ccc7oc8cc(N(c9ccc(-c%10ccccc%10)cc9)c9ccc%10c%11ccccc%11n(-c%11cccc(C(C)(C)C)c%11)c%10c9)ccc8c76)c45)cc32)c1. The fourth-order valence-electron chi connectivity index (χ4n) is 14.9. The van der Waals surface area contributed by atoms with E-state index in [-0.39, 0.29) is 10.8 Å². The number of furan rings is 2. The third-order valence-electron chi connectivity index (χ3n) is 19.8. The van der Waals surface area contributed by atoms with Crippen LogP contribution in [0.15, 0.2) is 312 Å². The molecule has 0 N–H and O–H groups in total. The van der Waals surface area contributed by atoms with Gasteiger partial charge in [0.05, 0.1) is 22.1 Å². The summed E-state index contributed by atoms with van der Waals surface area (Å²) in [6.07, 6.45) is 0. The molecule has 0 atom stereocenters. The van der Waals surface area contributed by atoms with Gasteiger partial charge in [-0.2, -0.15) is 0 Å². The van der Waals surface area contributed by atoms with E-state index < -0.39 is 0 Å². The maximum Gasteiger partial charge on any atom is 0.137 e. The molecule has 0 saturated carbocycles. The summed E-state index contributed by atoms with van der Waals surface area (Å²) in [4.78, 5) is 4.74. The molecule has 18 aromatic rings. The van der Waals surface area contributed by atoms with Gasteiger partial charge >= 0.3 is 0 Å².